The average molecular weight is 331 g/mol. The van der Waals surface area contributed by atoms with Crippen molar-refractivity contribution in [2.75, 3.05) is 45.9 Å². The van der Waals surface area contributed by atoms with Crippen LogP contribution < -0.4 is 5.32 Å². The lowest BCUT2D eigenvalue weighted by Crippen LogP contribution is -2.52. The summed E-state index contributed by atoms with van der Waals surface area (Å²) in [7, 11) is 0. The van der Waals surface area contributed by atoms with Gasteiger partial charge in [-0.05, 0) is 38.1 Å². The van der Waals surface area contributed by atoms with Crippen LogP contribution in [0.4, 0.5) is 0 Å². The minimum absolute atomic E-state index is 0.411. The van der Waals surface area contributed by atoms with Crippen molar-refractivity contribution in [1.29, 1.82) is 0 Å². The zero-order chi connectivity index (χ0) is 16.4. The van der Waals surface area contributed by atoms with Gasteiger partial charge in [-0.3, -0.25) is 4.40 Å². The van der Waals surface area contributed by atoms with E-state index in [1.54, 1.807) is 0 Å². The molecule has 2 aliphatic rings. The molecular formula is C17H25N5O2. The van der Waals surface area contributed by atoms with Crippen LogP contribution in [0, 0.1) is 0 Å². The van der Waals surface area contributed by atoms with Gasteiger partial charge in [-0.1, -0.05) is 6.07 Å². The first kappa shape index (κ1) is 16.0. The van der Waals surface area contributed by atoms with Crippen LogP contribution in [0.1, 0.15) is 24.6 Å². The predicted molar refractivity (Wildman–Crippen MR) is 90.0 cm³/mol. The Morgan fingerprint density at radius 2 is 2.17 bits per heavy atom. The van der Waals surface area contributed by atoms with Gasteiger partial charge in [0.2, 0.25) is 0 Å². The number of rotatable bonds is 3. The van der Waals surface area contributed by atoms with Gasteiger partial charge in [0, 0.05) is 31.7 Å². The number of pyridine rings is 1. The smallest absolute Gasteiger partial charge is 0.160 e. The van der Waals surface area contributed by atoms with Crippen molar-refractivity contribution in [2.24, 2.45) is 0 Å². The van der Waals surface area contributed by atoms with Crippen molar-refractivity contribution in [3.8, 4) is 0 Å². The second kappa shape index (κ2) is 6.76. The number of nitrogens with one attached hydrogen (secondary N) is 1. The van der Waals surface area contributed by atoms with Gasteiger partial charge in [-0.2, -0.15) is 0 Å². The van der Waals surface area contributed by atoms with Crippen molar-refractivity contribution in [1.82, 2.24) is 24.8 Å². The van der Waals surface area contributed by atoms with Crippen LogP contribution in [0.25, 0.3) is 5.65 Å². The molecule has 130 valence electrons. The number of aromatic nitrogens is 3. The Labute approximate surface area is 141 Å². The van der Waals surface area contributed by atoms with Gasteiger partial charge in [-0.25, -0.2) is 0 Å². The molecule has 1 atom stereocenters. The molecule has 0 spiro atoms. The predicted octanol–water partition coefficient (Wildman–Crippen LogP) is 0.260. The van der Waals surface area contributed by atoms with E-state index < -0.39 is 5.60 Å². The monoisotopic (exact) mass is 331 g/mol. The van der Waals surface area contributed by atoms with E-state index in [2.05, 4.69) is 24.8 Å². The van der Waals surface area contributed by atoms with E-state index in [1.165, 1.54) is 0 Å². The highest BCUT2D eigenvalue weighted by atomic mass is 16.5. The van der Waals surface area contributed by atoms with E-state index in [4.69, 9.17) is 4.74 Å². The summed E-state index contributed by atoms with van der Waals surface area (Å²) in [6.07, 6.45) is 4.12. The summed E-state index contributed by atoms with van der Waals surface area (Å²) < 4.78 is 7.61. The molecule has 0 bridgehead atoms. The average Bonchev–Trinajstić information content (AvgIpc) is 2.91. The number of hydrogen-bond donors (Lipinski definition) is 2. The number of nitrogens with zero attached hydrogens (tertiary/aromatic N) is 4. The summed E-state index contributed by atoms with van der Waals surface area (Å²) in [5, 5.41) is 22.7. The molecule has 4 heterocycles. The van der Waals surface area contributed by atoms with E-state index in [0.29, 0.717) is 32.2 Å². The lowest BCUT2D eigenvalue weighted by atomic mass is 9.94. The first-order chi connectivity index (χ1) is 11.7. The van der Waals surface area contributed by atoms with Crippen molar-refractivity contribution in [3.05, 3.63) is 30.2 Å². The normalized spacial score (nSPS) is 27.4. The Morgan fingerprint density at radius 3 is 3.04 bits per heavy atom. The molecule has 0 unspecified atom stereocenters. The van der Waals surface area contributed by atoms with E-state index in [0.717, 1.165) is 43.9 Å². The highest BCUT2D eigenvalue weighted by Crippen LogP contribution is 2.27. The molecule has 2 N–H and O–H groups in total. The minimum Gasteiger partial charge on any atom is -0.385 e. The molecule has 4 rings (SSSR count). The third kappa shape index (κ3) is 3.30. The number of piperidine rings is 1. The Bertz CT molecular complexity index is 672. The molecule has 2 aromatic rings. The maximum atomic E-state index is 10.7. The molecule has 2 saturated heterocycles. The second-order valence-corrected chi connectivity index (χ2v) is 6.99. The Morgan fingerprint density at radius 1 is 1.29 bits per heavy atom. The van der Waals surface area contributed by atoms with Crippen molar-refractivity contribution in [2.45, 2.75) is 24.4 Å². The van der Waals surface area contributed by atoms with Crippen molar-refractivity contribution >= 4 is 5.65 Å². The quantitative estimate of drug-likeness (QED) is 0.840. The fourth-order valence-corrected chi connectivity index (χ4v) is 3.78. The van der Waals surface area contributed by atoms with E-state index in [9.17, 15) is 5.11 Å². The highest BCUT2D eigenvalue weighted by molar-refractivity contribution is 5.37. The topological polar surface area (TPSA) is 74.9 Å². The van der Waals surface area contributed by atoms with Crippen LogP contribution in [0.2, 0.25) is 0 Å². The Kier molecular flexibility index (Phi) is 4.49. The van der Waals surface area contributed by atoms with Gasteiger partial charge in [0.25, 0.3) is 0 Å². The minimum atomic E-state index is -0.787. The number of aliphatic hydroxyl groups is 1. The Balaban J connectivity index is 1.38. The summed E-state index contributed by atoms with van der Waals surface area (Å²) in [5.74, 6) is 1.49. The van der Waals surface area contributed by atoms with Gasteiger partial charge >= 0.3 is 0 Å². The second-order valence-electron chi connectivity index (χ2n) is 6.99. The molecule has 7 heteroatoms. The van der Waals surface area contributed by atoms with Crippen LogP contribution in [-0.2, 0) is 4.74 Å². The number of β-amino-alcohol motifs (C(OH)–C–C–N with tert-alkyl or cyclic N) is 1. The van der Waals surface area contributed by atoms with E-state index in [-0.39, 0.29) is 0 Å². The molecule has 2 aliphatic heterocycles. The summed E-state index contributed by atoms with van der Waals surface area (Å²) in [5.41, 5.74) is 0.121. The molecule has 7 nitrogen and oxygen atoms in total. The van der Waals surface area contributed by atoms with Crippen LogP contribution in [0.5, 0.6) is 0 Å². The maximum Gasteiger partial charge on any atom is 0.160 e. The standard InChI is InChI=1S/C17H25N5O2/c23-17(11-18-6-10-24-13-17)12-21-8-4-14(5-9-21)16-20-19-15-3-1-2-7-22(15)16/h1-3,7,14,18,23H,4-6,8-13H2/t17-/m1/s1. The summed E-state index contributed by atoms with van der Waals surface area (Å²) in [6.45, 7) is 5.09. The lowest BCUT2D eigenvalue weighted by molar-refractivity contribution is -0.0521. The van der Waals surface area contributed by atoms with Crippen LogP contribution in [-0.4, -0.2) is 76.1 Å². The third-order valence-corrected chi connectivity index (χ3v) is 5.06. The zero-order valence-corrected chi connectivity index (χ0v) is 13.9. The Hall–Kier alpha value is -1.54. The molecule has 0 radical (unpaired) electrons. The van der Waals surface area contributed by atoms with E-state index >= 15 is 0 Å². The van der Waals surface area contributed by atoms with Gasteiger partial charge in [0.05, 0.1) is 13.2 Å². The molecule has 0 amide bonds. The fourth-order valence-electron chi connectivity index (χ4n) is 3.78. The largest absolute Gasteiger partial charge is 0.385 e. The molecule has 0 aliphatic carbocycles. The molecule has 2 aromatic heterocycles. The first-order valence-electron chi connectivity index (χ1n) is 8.76. The molecule has 0 saturated carbocycles. The van der Waals surface area contributed by atoms with Crippen molar-refractivity contribution in [3.63, 3.8) is 0 Å². The van der Waals surface area contributed by atoms with Crippen LogP contribution >= 0.6 is 0 Å². The van der Waals surface area contributed by atoms with Gasteiger partial charge in [0.1, 0.15) is 11.4 Å². The van der Waals surface area contributed by atoms with Gasteiger partial charge < -0.3 is 20.1 Å². The summed E-state index contributed by atoms with van der Waals surface area (Å²) in [4.78, 5) is 2.34. The summed E-state index contributed by atoms with van der Waals surface area (Å²) >= 11 is 0. The van der Waals surface area contributed by atoms with Gasteiger partial charge in [-0.15, -0.1) is 10.2 Å². The fraction of sp³-hybridized carbons (Fsp3) is 0.647. The molecule has 24 heavy (non-hydrogen) atoms. The lowest BCUT2D eigenvalue weighted by Gasteiger charge is -2.37. The number of likely N-dealkylation sites (tertiary alicyclic amines) is 1. The van der Waals surface area contributed by atoms with Crippen LogP contribution in [0.3, 0.4) is 0 Å². The molecular weight excluding hydrogens is 306 g/mol. The van der Waals surface area contributed by atoms with Crippen LogP contribution in [0.15, 0.2) is 24.4 Å². The number of hydrogen-bond acceptors (Lipinski definition) is 6. The SMILES string of the molecule is O[C@@]1(CN2CCC(c3nnc4ccccn34)CC2)CNCCOC1. The van der Waals surface area contributed by atoms with Gasteiger partial charge in [0.15, 0.2) is 5.65 Å². The first-order valence-corrected chi connectivity index (χ1v) is 8.76. The molecule has 2 fully saturated rings. The summed E-state index contributed by atoms with van der Waals surface area (Å²) in [6, 6.07) is 5.99. The molecule has 0 aromatic carbocycles. The van der Waals surface area contributed by atoms with E-state index in [1.807, 2.05) is 24.4 Å². The number of fused-ring (bicyclic) bond motifs is 1. The maximum absolute atomic E-state index is 10.7. The zero-order valence-electron chi connectivity index (χ0n) is 13.9. The van der Waals surface area contributed by atoms with Crippen molar-refractivity contribution < 1.29 is 9.84 Å². The number of ether oxygens (including phenoxy) is 1. The highest BCUT2D eigenvalue weighted by Gasteiger charge is 2.33. The third-order valence-electron chi connectivity index (χ3n) is 5.06.